The Morgan fingerprint density at radius 3 is 3.00 bits per heavy atom. The van der Waals surface area contributed by atoms with E-state index in [0.29, 0.717) is 17.1 Å². The van der Waals surface area contributed by atoms with Crippen LogP contribution >= 0.6 is 11.6 Å². The number of nitrogens with one attached hydrogen (secondary N) is 1. The second-order valence-electron chi connectivity index (χ2n) is 3.52. The van der Waals surface area contributed by atoms with E-state index in [1.165, 1.54) is 6.92 Å². The van der Waals surface area contributed by atoms with E-state index in [4.69, 9.17) is 16.9 Å². The molecule has 0 aliphatic heterocycles. The van der Waals surface area contributed by atoms with Crippen LogP contribution in [0.1, 0.15) is 24.5 Å². The minimum absolute atomic E-state index is 0.0390. The van der Waals surface area contributed by atoms with Gasteiger partial charge in [-0.3, -0.25) is 4.79 Å². The van der Waals surface area contributed by atoms with Crippen LogP contribution in [0.25, 0.3) is 6.08 Å². The maximum Gasteiger partial charge on any atom is 0.216 e. The largest absolute Gasteiger partial charge is 0.356 e. The number of halogens is 1. The molecular weight excluding hydrogens is 236 g/mol. The lowest BCUT2D eigenvalue weighted by Crippen LogP contribution is -2.20. The first-order valence-electron chi connectivity index (χ1n) is 5.24. The molecule has 0 spiro atoms. The van der Waals surface area contributed by atoms with Gasteiger partial charge in [-0.2, -0.15) is 5.26 Å². The van der Waals surface area contributed by atoms with E-state index < -0.39 is 0 Å². The quantitative estimate of drug-likeness (QED) is 0.833. The maximum absolute atomic E-state index is 10.6. The summed E-state index contributed by atoms with van der Waals surface area (Å²) in [5, 5.41) is 12.1. The summed E-state index contributed by atoms with van der Waals surface area (Å²) in [6, 6.07) is 7.17. The molecule has 4 heteroatoms. The average molecular weight is 249 g/mol. The first-order chi connectivity index (χ1) is 8.13. The van der Waals surface area contributed by atoms with Gasteiger partial charge in [0, 0.05) is 18.5 Å². The van der Waals surface area contributed by atoms with Gasteiger partial charge < -0.3 is 5.32 Å². The van der Waals surface area contributed by atoms with Crippen molar-refractivity contribution in [2.45, 2.75) is 13.3 Å². The zero-order chi connectivity index (χ0) is 12.7. The first-order valence-corrected chi connectivity index (χ1v) is 5.62. The highest BCUT2D eigenvalue weighted by Crippen LogP contribution is 2.18. The van der Waals surface area contributed by atoms with Crippen molar-refractivity contribution >= 4 is 23.6 Å². The molecule has 0 heterocycles. The zero-order valence-corrected chi connectivity index (χ0v) is 10.3. The van der Waals surface area contributed by atoms with Gasteiger partial charge >= 0.3 is 0 Å². The van der Waals surface area contributed by atoms with Crippen LogP contribution in [-0.2, 0) is 4.79 Å². The lowest BCUT2D eigenvalue weighted by Gasteiger charge is -1.99. The minimum Gasteiger partial charge on any atom is -0.356 e. The highest BCUT2D eigenvalue weighted by Gasteiger charge is 1.98. The molecule has 3 nitrogen and oxygen atoms in total. The fourth-order valence-electron chi connectivity index (χ4n) is 1.28. The monoisotopic (exact) mass is 248 g/mol. The molecule has 0 aliphatic rings. The third-order valence-electron chi connectivity index (χ3n) is 2.11. The number of benzene rings is 1. The molecule has 0 fully saturated rings. The molecule has 0 aromatic heterocycles. The van der Waals surface area contributed by atoms with Crippen molar-refractivity contribution in [1.82, 2.24) is 5.32 Å². The van der Waals surface area contributed by atoms with E-state index in [-0.39, 0.29) is 5.91 Å². The van der Waals surface area contributed by atoms with Gasteiger partial charge in [0.1, 0.15) is 0 Å². The van der Waals surface area contributed by atoms with Crippen molar-refractivity contribution in [2.75, 3.05) is 6.54 Å². The second kappa shape index (κ2) is 6.72. The standard InChI is InChI=1S/C13H13ClN2O/c1-10(17)16-7-3-2-4-12-8-11(9-15)5-6-13(12)14/h2,4-6,8H,3,7H2,1H3,(H,16,17). The van der Waals surface area contributed by atoms with Crippen LogP contribution in [0.5, 0.6) is 0 Å². The van der Waals surface area contributed by atoms with Crippen LogP contribution in [0.3, 0.4) is 0 Å². The van der Waals surface area contributed by atoms with Gasteiger partial charge in [-0.25, -0.2) is 0 Å². The van der Waals surface area contributed by atoms with Gasteiger partial charge in [-0.15, -0.1) is 0 Å². The highest BCUT2D eigenvalue weighted by atomic mass is 35.5. The molecule has 0 saturated heterocycles. The number of carbonyl (C=O) groups is 1. The van der Waals surface area contributed by atoms with Crippen LogP contribution in [0.15, 0.2) is 24.3 Å². The summed E-state index contributed by atoms with van der Waals surface area (Å²) >= 11 is 5.99. The SMILES string of the molecule is CC(=O)NCCC=Cc1cc(C#N)ccc1Cl. The summed E-state index contributed by atoms with van der Waals surface area (Å²) in [4.78, 5) is 10.6. The van der Waals surface area contributed by atoms with Gasteiger partial charge in [0.2, 0.25) is 5.91 Å². The Kier molecular flexibility index (Phi) is 5.25. The third-order valence-corrected chi connectivity index (χ3v) is 2.45. The van der Waals surface area contributed by atoms with Gasteiger partial charge in [0.25, 0.3) is 0 Å². The van der Waals surface area contributed by atoms with Crippen molar-refractivity contribution in [3.63, 3.8) is 0 Å². The Morgan fingerprint density at radius 1 is 1.59 bits per heavy atom. The molecule has 0 bridgehead atoms. The fourth-order valence-corrected chi connectivity index (χ4v) is 1.46. The maximum atomic E-state index is 10.6. The number of carbonyl (C=O) groups excluding carboxylic acids is 1. The topological polar surface area (TPSA) is 52.9 Å². The number of nitriles is 1. The molecule has 1 amide bonds. The van der Waals surface area contributed by atoms with E-state index in [2.05, 4.69) is 11.4 Å². The molecule has 17 heavy (non-hydrogen) atoms. The number of hydrogen-bond acceptors (Lipinski definition) is 2. The van der Waals surface area contributed by atoms with Gasteiger partial charge in [0.05, 0.1) is 11.6 Å². The van der Waals surface area contributed by atoms with E-state index in [0.717, 1.165) is 12.0 Å². The van der Waals surface area contributed by atoms with E-state index >= 15 is 0 Å². The zero-order valence-electron chi connectivity index (χ0n) is 9.53. The Labute approximate surface area is 106 Å². The van der Waals surface area contributed by atoms with Gasteiger partial charge in [-0.1, -0.05) is 23.8 Å². The Balaban J connectivity index is 2.59. The summed E-state index contributed by atoms with van der Waals surface area (Å²) < 4.78 is 0. The highest BCUT2D eigenvalue weighted by molar-refractivity contribution is 6.32. The predicted molar refractivity (Wildman–Crippen MR) is 68.5 cm³/mol. The van der Waals surface area contributed by atoms with Gasteiger partial charge in [-0.05, 0) is 30.2 Å². The molecule has 0 radical (unpaired) electrons. The molecule has 1 aromatic carbocycles. The molecule has 1 N–H and O–H groups in total. The fraction of sp³-hybridized carbons (Fsp3) is 0.231. The summed E-state index contributed by atoms with van der Waals surface area (Å²) in [6.45, 7) is 2.08. The smallest absolute Gasteiger partial charge is 0.216 e. The van der Waals surface area contributed by atoms with Crippen LogP contribution < -0.4 is 5.32 Å². The van der Waals surface area contributed by atoms with Crippen molar-refractivity contribution < 1.29 is 4.79 Å². The van der Waals surface area contributed by atoms with Crippen molar-refractivity contribution in [3.05, 3.63) is 40.4 Å². The molecule has 0 aliphatic carbocycles. The third kappa shape index (κ3) is 4.71. The molecule has 0 atom stereocenters. The molecule has 88 valence electrons. The Hall–Kier alpha value is -1.79. The van der Waals surface area contributed by atoms with Crippen LogP contribution in [0.2, 0.25) is 5.02 Å². The molecule has 1 rings (SSSR count). The summed E-state index contributed by atoms with van der Waals surface area (Å²) in [5.74, 6) is -0.0390. The van der Waals surface area contributed by atoms with Crippen LogP contribution in [0, 0.1) is 11.3 Å². The number of amides is 1. The summed E-state index contributed by atoms with van der Waals surface area (Å²) in [5.41, 5.74) is 1.39. The lowest BCUT2D eigenvalue weighted by atomic mass is 10.1. The van der Waals surface area contributed by atoms with Crippen molar-refractivity contribution in [2.24, 2.45) is 0 Å². The van der Waals surface area contributed by atoms with E-state index in [1.807, 2.05) is 12.2 Å². The number of hydrogen-bond donors (Lipinski definition) is 1. The first kappa shape index (κ1) is 13.3. The number of rotatable bonds is 4. The summed E-state index contributed by atoms with van der Waals surface area (Å²) in [7, 11) is 0. The summed E-state index contributed by atoms with van der Waals surface area (Å²) in [6.07, 6.45) is 4.50. The normalized spacial score (nSPS) is 10.2. The van der Waals surface area contributed by atoms with Crippen LogP contribution in [-0.4, -0.2) is 12.5 Å². The van der Waals surface area contributed by atoms with E-state index in [1.54, 1.807) is 18.2 Å². The second-order valence-corrected chi connectivity index (χ2v) is 3.93. The molecule has 0 unspecified atom stereocenters. The van der Waals surface area contributed by atoms with Crippen LogP contribution in [0.4, 0.5) is 0 Å². The average Bonchev–Trinajstić information content (AvgIpc) is 2.30. The van der Waals surface area contributed by atoms with Gasteiger partial charge in [0.15, 0.2) is 0 Å². The predicted octanol–water partition coefficient (Wildman–Crippen LogP) is 2.75. The van der Waals surface area contributed by atoms with Crippen molar-refractivity contribution in [1.29, 1.82) is 5.26 Å². The van der Waals surface area contributed by atoms with Crippen molar-refractivity contribution in [3.8, 4) is 6.07 Å². The Bertz CT molecular complexity index is 475. The molecule has 1 aromatic rings. The Morgan fingerprint density at radius 2 is 2.35 bits per heavy atom. The number of nitrogens with zero attached hydrogens (tertiary/aromatic N) is 1. The molecular formula is C13H13ClN2O. The van der Waals surface area contributed by atoms with E-state index in [9.17, 15) is 4.79 Å². The molecule has 0 saturated carbocycles. The lowest BCUT2D eigenvalue weighted by molar-refractivity contribution is -0.118. The minimum atomic E-state index is -0.0390.